The van der Waals surface area contributed by atoms with Crippen molar-refractivity contribution in [3.05, 3.63) is 56.9 Å². The van der Waals surface area contributed by atoms with Gasteiger partial charge in [-0.05, 0) is 30.3 Å². The first-order chi connectivity index (χ1) is 20.8. The van der Waals surface area contributed by atoms with Crippen LogP contribution in [0.3, 0.4) is 0 Å². The van der Waals surface area contributed by atoms with Gasteiger partial charge in [-0.1, -0.05) is 23.2 Å². The molecule has 2 aromatic rings. The molecule has 0 aromatic heterocycles. The van der Waals surface area contributed by atoms with E-state index in [0.29, 0.717) is 0 Å². The lowest BCUT2D eigenvalue weighted by Gasteiger charge is -2.22. The van der Waals surface area contributed by atoms with Crippen LogP contribution in [-0.2, 0) is 34.7 Å². The summed E-state index contributed by atoms with van der Waals surface area (Å²) in [5, 5.41) is 15.8. The molecular weight excluding hydrogens is 685 g/mol. The number of hydroxylamine groups is 2. The summed E-state index contributed by atoms with van der Waals surface area (Å²) in [4.78, 5) is 51.9. The number of halogens is 2. The molecular formula is C25H14Cl2N3O13S2-. The van der Waals surface area contributed by atoms with Crippen molar-refractivity contribution in [3.63, 3.8) is 0 Å². The van der Waals surface area contributed by atoms with E-state index in [4.69, 9.17) is 43.6 Å². The van der Waals surface area contributed by atoms with Crippen molar-refractivity contribution >= 4 is 83.8 Å². The van der Waals surface area contributed by atoms with E-state index < -0.39 is 108 Å². The standard InChI is InChI=1S/C25H15Cl2N3O13S2/c26-11-7-10(25(35)43-30-14(31)5-6-15(30)32)19(27)18(24(33)34)17(11)16-8-1-3-12(28)22(44(36,37)38)20(8)42-21-9(16)2-4-13(29)23(21)45(39,40)41/h1-4,7,28H,5-6,29H2,(H,33,34)(H,36,37,38)(H,39,40,41)/p-1. The van der Waals surface area contributed by atoms with Gasteiger partial charge < -0.3 is 24.6 Å². The van der Waals surface area contributed by atoms with Gasteiger partial charge in [0, 0.05) is 34.9 Å². The number of nitrogens with one attached hydrogen (secondary N) is 1. The zero-order chi connectivity index (χ0) is 33.3. The number of carboxylic acid groups (broad SMARTS) is 1. The minimum atomic E-state index is -5.49. The van der Waals surface area contributed by atoms with Gasteiger partial charge in [-0.15, -0.1) is 5.06 Å². The van der Waals surface area contributed by atoms with Gasteiger partial charge in [0.2, 0.25) is 0 Å². The Bertz CT molecular complexity index is 2290. The first kappa shape index (κ1) is 31.8. The number of amides is 2. The van der Waals surface area contributed by atoms with E-state index >= 15 is 0 Å². The van der Waals surface area contributed by atoms with E-state index in [1.807, 2.05) is 0 Å². The Labute approximate surface area is 260 Å². The summed E-state index contributed by atoms with van der Waals surface area (Å²) in [5.74, 6) is -5.92. The molecule has 5 N–H and O–H groups in total. The summed E-state index contributed by atoms with van der Waals surface area (Å²) in [7, 11) is -10.8. The summed E-state index contributed by atoms with van der Waals surface area (Å²) in [6.07, 6.45) is -0.507. The van der Waals surface area contributed by atoms with Crippen LogP contribution in [0.25, 0.3) is 33.4 Å². The molecule has 234 valence electrons. The van der Waals surface area contributed by atoms with Gasteiger partial charge in [0.1, 0.15) is 15.0 Å². The molecule has 1 aliphatic carbocycles. The molecule has 0 unspecified atom stereocenters. The molecule has 0 saturated carbocycles. The number of rotatable bonds is 6. The predicted molar refractivity (Wildman–Crippen MR) is 150 cm³/mol. The molecule has 0 atom stereocenters. The lowest BCUT2D eigenvalue weighted by Crippen LogP contribution is -2.32. The number of nitrogen functional groups attached to an aromatic ring is 1. The molecule has 0 spiro atoms. The van der Waals surface area contributed by atoms with Crippen LogP contribution in [0.1, 0.15) is 33.6 Å². The first-order valence-electron chi connectivity index (χ1n) is 12.0. The average Bonchev–Trinajstić information content (AvgIpc) is 3.22. The Morgan fingerprint density at radius 2 is 1.64 bits per heavy atom. The van der Waals surface area contributed by atoms with Gasteiger partial charge in [0.05, 0.1) is 32.2 Å². The Morgan fingerprint density at radius 1 is 1.02 bits per heavy atom. The monoisotopic (exact) mass is 698 g/mol. The maximum Gasteiger partial charge on any atom is 0.365 e. The number of benzene rings is 3. The van der Waals surface area contributed by atoms with Crippen molar-refractivity contribution in [3.8, 4) is 22.5 Å². The second-order valence-electron chi connectivity index (χ2n) is 9.32. The molecule has 1 saturated heterocycles. The third-order valence-electron chi connectivity index (χ3n) is 6.59. The Balaban J connectivity index is 1.95. The number of fused-ring (bicyclic) bond motifs is 2. The van der Waals surface area contributed by atoms with Crippen LogP contribution in [0.2, 0.25) is 10.0 Å². The Hall–Kier alpha value is -4.59. The predicted octanol–water partition coefficient (Wildman–Crippen LogP) is 2.64. The Kier molecular flexibility index (Phi) is 7.63. The van der Waals surface area contributed by atoms with E-state index in [0.717, 1.165) is 30.3 Å². The number of aromatic carboxylic acids is 1. The van der Waals surface area contributed by atoms with Crippen molar-refractivity contribution in [2.24, 2.45) is 0 Å². The molecule has 2 amide bonds. The van der Waals surface area contributed by atoms with Crippen molar-refractivity contribution in [2.75, 3.05) is 5.73 Å². The molecule has 2 aliphatic heterocycles. The average molecular weight is 699 g/mol. The van der Waals surface area contributed by atoms with Gasteiger partial charge in [0.25, 0.3) is 21.9 Å². The quantitative estimate of drug-likeness (QED) is 0.0975. The maximum absolute atomic E-state index is 12.9. The number of imide groups is 1. The molecule has 2 aromatic carbocycles. The highest BCUT2D eigenvalue weighted by Gasteiger charge is 2.36. The molecule has 1 fully saturated rings. The molecule has 0 bridgehead atoms. The lowest BCUT2D eigenvalue weighted by atomic mass is 9.89. The summed E-state index contributed by atoms with van der Waals surface area (Å²) in [6.45, 7) is 0. The van der Waals surface area contributed by atoms with E-state index in [9.17, 15) is 50.2 Å². The minimum Gasteiger partial charge on any atom is -0.744 e. The van der Waals surface area contributed by atoms with Gasteiger partial charge in [-0.3, -0.25) is 19.6 Å². The fourth-order valence-electron chi connectivity index (χ4n) is 4.78. The van der Waals surface area contributed by atoms with E-state index in [2.05, 4.69) is 0 Å². The van der Waals surface area contributed by atoms with Crippen molar-refractivity contribution in [1.29, 1.82) is 5.41 Å². The molecule has 2 heterocycles. The molecule has 16 nitrogen and oxygen atoms in total. The van der Waals surface area contributed by atoms with Crippen LogP contribution in [0.5, 0.6) is 0 Å². The fourth-order valence-corrected chi connectivity index (χ4v) is 6.85. The maximum atomic E-state index is 12.9. The van der Waals surface area contributed by atoms with Crippen LogP contribution in [0, 0.1) is 5.41 Å². The number of nitrogens with two attached hydrogens (primary N) is 1. The van der Waals surface area contributed by atoms with Crippen LogP contribution in [0.4, 0.5) is 5.69 Å². The fraction of sp³-hybridized carbons (Fsp3) is 0.0800. The van der Waals surface area contributed by atoms with Gasteiger partial charge in [-0.25, -0.2) is 18.0 Å². The van der Waals surface area contributed by atoms with Crippen LogP contribution < -0.4 is 11.1 Å². The highest BCUT2D eigenvalue weighted by Crippen LogP contribution is 2.49. The van der Waals surface area contributed by atoms with Crippen molar-refractivity contribution in [1.82, 2.24) is 5.06 Å². The lowest BCUT2D eigenvalue weighted by molar-refractivity contribution is -0.172. The molecule has 20 heteroatoms. The normalized spacial score (nSPS) is 14.0. The highest BCUT2D eigenvalue weighted by atomic mass is 35.5. The number of hydrogen-bond acceptors (Lipinski definition) is 13. The number of carbonyl (C=O) groups is 4. The molecule has 3 aliphatic rings. The summed E-state index contributed by atoms with van der Waals surface area (Å²) < 4.78 is 76.9. The molecule has 5 rings (SSSR count). The van der Waals surface area contributed by atoms with Crippen molar-refractivity contribution in [2.45, 2.75) is 22.6 Å². The number of carbonyl (C=O) groups excluding carboxylic acids is 3. The summed E-state index contributed by atoms with van der Waals surface area (Å²) in [6, 6.07) is 4.76. The zero-order valence-corrected chi connectivity index (χ0v) is 24.9. The number of hydrogen-bond donors (Lipinski definition) is 4. The van der Waals surface area contributed by atoms with Crippen LogP contribution in [-0.4, -0.2) is 59.9 Å². The van der Waals surface area contributed by atoms with Gasteiger partial charge in [-0.2, -0.15) is 8.42 Å². The minimum absolute atomic E-state index is 0.172. The van der Waals surface area contributed by atoms with E-state index in [1.54, 1.807) is 0 Å². The zero-order valence-electron chi connectivity index (χ0n) is 21.8. The second-order valence-corrected chi connectivity index (χ2v) is 12.8. The number of anilines is 1. The van der Waals surface area contributed by atoms with E-state index in [1.165, 1.54) is 0 Å². The van der Waals surface area contributed by atoms with Crippen LogP contribution in [0.15, 0.2) is 44.5 Å². The van der Waals surface area contributed by atoms with Crippen LogP contribution >= 0.6 is 23.2 Å². The third-order valence-corrected chi connectivity index (χ3v) is 9.12. The first-order valence-corrected chi connectivity index (χ1v) is 15.6. The SMILES string of the molecule is N=c1ccc2c(-c3c(Cl)cc(C(=O)ON4C(=O)CCC4=O)c(Cl)c3C(=O)O)c3ccc(N)c(S(=O)(=O)[O-])c3oc-2c1S(=O)(=O)O. The number of carboxylic acids is 1. The summed E-state index contributed by atoms with van der Waals surface area (Å²) in [5.41, 5.74) is 1.11. The Morgan fingerprint density at radius 3 is 2.20 bits per heavy atom. The van der Waals surface area contributed by atoms with Gasteiger partial charge >= 0.3 is 11.9 Å². The topological polar surface area (TPSA) is 276 Å². The largest absolute Gasteiger partial charge is 0.744 e. The smallest absolute Gasteiger partial charge is 0.365 e. The van der Waals surface area contributed by atoms with Crippen molar-refractivity contribution < 1.29 is 59.5 Å². The van der Waals surface area contributed by atoms with Gasteiger partial charge in [0.15, 0.2) is 16.2 Å². The molecule has 45 heavy (non-hydrogen) atoms. The second kappa shape index (κ2) is 10.8. The van der Waals surface area contributed by atoms with E-state index in [-0.39, 0.29) is 28.9 Å². The number of nitrogens with zero attached hydrogens (tertiary/aromatic N) is 1. The summed E-state index contributed by atoms with van der Waals surface area (Å²) >= 11 is 12.9. The molecule has 0 radical (unpaired) electrons. The third kappa shape index (κ3) is 5.26. The highest BCUT2D eigenvalue weighted by molar-refractivity contribution is 7.86.